The van der Waals surface area contributed by atoms with Gasteiger partial charge in [0.15, 0.2) is 0 Å². The van der Waals surface area contributed by atoms with Crippen LogP contribution in [0.2, 0.25) is 5.02 Å². The number of amides is 2. The Morgan fingerprint density at radius 3 is 2.44 bits per heavy atom. The molecule has 6 heteroatoms. The normalized spacial score (nSPS) is 19.6. The number of para-hydroxylation sites is 1. The van der Waals surface area contributed by atoms with E-state index < -0.39 is 0 Å². The van der Waals surface area contributed by atoms with Gasteiger partial charge in [-0.2, -0.15) is 0 Å². The lowest BCUT2D eigenvalue weighted by Crippen LogP contribution is -2.28. The molecule has 2 aromatic rings. The molecule has 140 valence electrons. The second kappa shape index (κ2) is 7.61. The van der Waals surface area contributed by atoms with Gasteiger partial charge in [0.2, 0.25) is 11.8 Å². The van der Waals surface area contributed by atoms with Crippen molar-refractivity contribution >= 4 is 40.5 Å². The number of nitrogens with zero attached hydrogens (tertiary/aromatic N) is 2. The van der Waals surface area contributed by atoms with Gasteiger partial charge in [-0.05, 0) is 49.2 Å². The molecule has 1 atom stereocenters. The lowest BCUT2D eigenvalue weighted by Gasteiger charge is -2.19. The first-order valence-electron chi connectivity index (χ1n) is 9.32. The highest BCUT2D eigenvalue weighted by atomic mass is 35.5. The monoisotopic (exact) mass is 383 g/mol. The lowest BCUT2D eigenvalue weighted by atomic mass is 10.1. The van der Waals surface area contributed by atoms with Crippen molar-refractivity contribution in [2.75, 3.05) is 34.8 Å². The molecule has 0 aliphatic carbocycles. The summed E-state index contributed by atoms with van der Waals surface area (Å²) in [5, 5.41) is 3.46. The van der Waals surface area contributed by atoms with Crippen LogP contribution in [-0.4, -0.2) is 31.4 Å². The van der Waals surface area contributed by atoms with E-state index in [1.165, 1.54) is 18.5 Å². The average molecular weight is 384 g/mol. The third kappa shape index (κ3) is 3.78. The number of hydrogen-bond acceptors (Lipinski definition) is 3. The zero-order chi connectivity index (χ0) is 18.8. The number of carbonyl (C=O) groups is 2. The molecule has 0 aromatic heterocycles. The highest BCUT2D eigenvalue weighted by Gasteiger charge is 2.35. The largest absolute Gasteiger partial charge is 0.372 e. The van der Waals surface area contributed by atoms with Crippen molar-refractivity contribution in [2.45, 2.75) is 19.3 Å². The van der Waals surface area contributed by atoms with Gasteiger partial charge in [-0.3, -0.25) is 9.59 Å². The molecular formula is C21H22ClN3O2. The van der Waals surface area contributed by atoms with E-state index in [1.54, 1.807) is 17.0 Å². The number of nitrogens with one attached hydrogen (secondary N) is 1. The molecule has 0 spiro atoms. The number of rotatable bonds is 4. The molecule has 2 fully saturated rings. The Labute approximate surface area is 163 Å². The van der Waals surface area contributed by atoms with Crippen LogP contribution >= 0.6 is 11.6 Å². The Morgan fingerprint density at radius 1 is 1.04 bits per heavy atom. The minimum atomic E-state index is -0.382. The van der Waals surface area contributed by atoms with Crippen LogP contribution < -0.4 is 15.1 Å². The Morgan fingerprint density at radius 2 is 1.74 bits per heavy atom. The highest BCUT2D eigenvalue weighted by Crippen LogP contribution is 2.31. The van der Waals surface area contributed by atoms with E-state index in [0.29, 0.717) is 17.3 Å². The van der Waals surface area contributed by atoms with Crippen molar-refractivity contribution in [3.63, 3.8) is 0 Å². The second-order valence-corrected chi connectivity index (χ2v) is 7.49. The van der Waals surface area contributed by atoms with E-state index in [1.807, 2.05) is 36.4 Å². The van der Waals surface area contributed by atoms with Crippen LogP contribution in [0.15, 0.2) is 48.5 Å². The molecule has 2 heterocycles. The van der Waals surface area contributed by atoms with E-state index >= 15 is 0 Å². The van der Waals surface area contributed by atoms with Crippen LogP contribution in [0.5, 0.6) is 0 Å². The summed E-state index contributed by atoms with van der Waals surface area (Å²) in [6, 6.07) is 15.1. The summed E-state index contributed by atoms with van der Waals surface area (Å²) in [5.41, 5.74) is 2.60. The molecule has 2 saturated heterocycles. The van der Waals surface area contributed by atoms with Crippen molar-refractivity contribution < 1.29 is 9.59 Å². The molecule has 1 unspecified atom stereocenters. The van der Waals surface area contributed by atoms with Gasteiger partial charge in [-0.15, -0.1) is 0 Å². The summed E-state index contributed by atoms with van der Waals surface area (Å²) < 4.78 is 0. The van der Waals surface area contributed by atoms with Crippen LogP contribution in [0.25, 0.3) is 0 Å². The standard InChI is InChI=1S/C21H22ClN3O2/c22-18-5-1-2-6-19(18)25-14-15(13-20(25)26)21(27)23-16-7-9-17(10-8-16)24-11-3-4-12-24/h1-2,5-10,15H,3-4,11-14H2,(H,23,27). The SMILES string of the molecule is O=C(Nc1ccc(N2CCCC2)cc1)C1CC(=O)N(c2ccccc2Cl)C1. The molecular weight excluding hydrogens is 362 g/mol. The molecule has 5 nitrogen and oxygen atoms in total. The van der Waals surface area contributed by atoms with Crippen molar-refractivity contribution in [2.24, 2.45) is 5.92 Å². The van der Waals surface area contributed by atoms with Crippen molar-refractivity contribution in [3.8, 4) is 0 Å². The van der Waals surface area contributed by atoms with Gasteiger partial charge in [0.25, 0.3) is 0 Å². The summed E-state index contributed by atoms with van der Waals surface area (Å²) in [5.74, 6) is -0.591. The predicted molar refractivity (Wildman–Crippen MR) is 108 cm³/mol. The molecule has 2 aliphatic rings. The zero-order valence-electron chi connectivity index (χ0n) is 15.0. The quantitative estimate of drug-likeness (QED) is 0.870. The Balaban J connectivity index is 1.40. The maximum atomic E-state index is 12.6. The van der Waals surface area contributed by atoms with Gasteiger partial charge >= 0.3 is 0 Å². The van der Waals surface area contributed by atoms with Crippen LogP contribution in [0.1, 0.15) is 19.3 Å². The van der Waals surface area contributed by atoms with Crippen LogP contribution in [0, 0.1) is 5.92 Å². The minimum absolute atomic E-state index is 0.0763. The third-order valence-corrected chi connectivity index (χ3v) is 5.56. The van der Waals surface area contributed by atoms with Crippen molar-refractivity contribution in [1.82, 2.24) is 0 Å². The number of anilines is 3. The Kier molecular flexibility index (Phi) is 5.03. The molecule has 4 rings (SSSR count). The van der Waals surface area contributed by atoms with Crippen LogP contribution in [0.3, 0.4) is 0 Å². The Hall–Kier alpha value is -2.53. The second-order valence-electron chi connectivity index (χ2n) is 7.09. The average Bonchev–Trinajstić information content (AvgIpc) is 3.33. The first-order chi connectivity index (χ1) is 13.1. The maximum Gasteiger partial charge on any atom is 0.229 e. The molecule has 27 heavy (non-hydrogen) atoms. The molecule has 2 aliphatic heterocycles. The third-order valence-electron chi connectivity index (χ3n) is 5.25. The predicted octanol–water partition coefficient (Wildman–Crippen LogP) is 3.93. The minimum Gasteiger partial charge on any atom is -0.372 e. The molecule has 2 aromatic carbocycles. The summed E-state index contributed by atoms with van der Waals surface area (Å²) in [6.07, 6.45) is 2.66. The van der Waals surface area contributed by atoms with Crippen LogP contribution in [-0.2, 0) is 9.59 Å². The van der Waals surface area contributed by atoms with Crippen molar-refractivity contribution in [1.29, 1.82) is 0 Å². The van der Waals surface area contributed by atoms with Crippen molar-refractivity contribution in [3.05, 3.63) is 53.6 Å². The van der Waals surface area contributed by atoms with Gasteiger partial charge in [-0.1, -0.05) is 23.7 Å². The molecule has 1 N–H and O–H groups in total. The summed E-state index contributed by atoms with van der Waals surface area (Å²) >= 11 is 6.20. The first-order valence-corrected chi connectivity index (χ1v) is 9.70. The molecule has 0 radical (unpaired) electrons. The zero-order valence-corrected chi connectivity index (χ0v) is 15.8. The van der Waals surface area contributed by atoms with Gasteiger partial charge in [0.1, 0.15) is 0 Å². The summed E-state index contributed by atoms with van der Waals surface area (Å²) in [6.45, 7) is 2.53. The van der Waals surface area contributed by atoms with E-state index in [4.69, 9.17) is 11.6 Å². The topological polar surface area (TPSA) is 52.7 Å². The fraction of sp³-hybridized carbons (Fsp3) is 0.333. The van der Waals surface area contributed by atoms with Gasteiger partial charge < -0.3 is 15.1 Å². The Bertz CT molecular complexity index is 847. The van der Waals surface area contributed by atoms with E-state index in [-0.39, 0.29) is 24.2 Å². The number of carbonyl (C=O) groups excluding carboxylic acids is 2. The smallest absolute Gasteiger partial charge is 0.229 e. The van der Waals surface area contributed by atoms with E-state index in [2.05, 4.69) is 10.2 Å². The van der Waals surface area contributed by atoms with E-state index in [9.17, 15) is 9.59 Å². The molecule has 0 saturated carbocycles. The first kappa shape index (κ1) is 17.9. The summed E-state index contributed by atoms with van der Waals surface area (Å²) in [4.78, 5) is 28.9. The maximum absolute atomic E-state index is 12.6. The lowest BCUT2D eigenvalue weighted by molar-refractivity contribution is -0.122. The number of halogens is 1. The highest BCUT2D eigenvalue weighted by molar-refractivity contribution is 6.33. The fourth-order valence-corrected chi connectivity index (χ4v) is 4.00. The molecule has 2 amide bonds. The number of benzene rings is 2. The van der Waals surface area contributed by atoms with E-state index in [0.717, 1.165) is 18.8 Å². The number of hydrogen-bond donors (Lipinski definition) is 1. The van der Waals surface area contributed by atoms with Gasteiger partial charge in [-0.25, -0.2) is 0 Å². The van der Waals surface area contributed by atoms with Gasteiger partial charge in [0.05, 0.1) is 16.6 Å². The molecule has 0 bridgehead atoms. The fourth-order valence-electron chi connectivity index (χ4n) is 3.76. The van der Waals surface area contributed by atoms with Gasteiger partial charge in [0, 0.05) is 37.4 Å². The van der Waals surface area contributed by atoms with Crippen LogP contribution in [0.4, 0.5) is 17.1 Å². The summed E-state index contributed by atoms with van der Waals surface area (Å²) in [7, 11) is 0.